The van der Waals surface area contributed by atoms with E-state index in [0.717, 1.165) is 12.1 Å². The Hall–Kier alpha value is -3.23. The van der Waals surface area contributed by atoms with Gasteiger partial charge in [-0.3, -0.25) is 10.1 Å². The maximum Gasteiger partial charge on any atom is 0.573 e. The lowest BCUT2D eigenvalue weighted by Gasteiger charge is -2.19. The summed E-state index contributed by atoms with van der Waals surface area (Å²) in [7, 11) is 0. The minimum atomic E-state index is -4.78. The largest absolute Gasteiger partial charge is 0.573 e. The monoisotopic (exact) mass is 396 g/mol. The summed E-state index contributed by atoms with van der Waals surface area (Å²) >= 11 is 0. The summed E-state index contributed by atoms with van der Waals surface area (Å²) in [6, 6.07) is 10.8. The van der Waals surface area contributed by atoms with Gasteiger partial charge < -0.3 is 14.8 Å². The van der Waals surface area contributed by atoms with Gasteiger partial charge in [-0.25, -0.2) is 4.79 Å². The average molecular weight is 396 g/mol. The van der Waals surface area contributed by atoms with Crippen molar-refractivity contribution in [2.24, 2.45) is 0 Å². The molecule has 0 aliphatic heterocycles. The molecule has 28 heavy (non-hydrogen) atoms. The van der Waals surface area contributed by atoms with Gasteiger partial charge >= 0.3 is 12.5 Å². The number of halogens is 3. The molecule has 0 radical (unpaired) electrons. The van der Waals surface area contributed by atoms with Gasteiger partial charge in [0.15, 0.2) is 0 Å². The van der Waals surface area contributed by atoms with Crippen molar-refractivity contribution in [3.63, 3.8) is 0 Å². The van der Waals surface area contributed by atoms with Crippen LogP contribution in [0.5, 0.6) is 5.75 Å². The second kappa shape index (κ2) is 8.20. The first kappa shape index (κ1) is 21.1. The standard InChI is InChI=1S/C19H19F3N2O4/c1-18(2,3)28-17(26)24-14-6-4-12(5-7-14)16(25)23-13-8-10-15(11-9-13)27-19(20,21)22/h4-11H,1-3H3,(H,23,25)(H,24,26). The average Bonchev–Trinajstić information content (AvgIpc) is 2.54. The summed E-state index contributed by atoms with van der Waals surface area (Å²) in [5.74, 6) is -0.851. The van der Waals surface area contributed by atoms with E-state index in [-0.39, 0.29) is 5.75 Å². The van der Waals surface area contributed by atoms with Crippen molar-refractivity contribution in [2.75, 3.05) is 10.6 Å². The molecule has 2 amide bonds. The van der Waals surface area contributed by atoms with Crippen LogP contribution in [0, 0.1) is 0 Å². The first-order valence-corrected chi connectivity index (χ1v) is 8.18. The summed E-state index contributed by atoms with van der Waals surface area (Å²) in [6.07, 6.45) is -5.40. The van der Waals surface area contributed by atoms with Gasteiger partial charge in [0.05, 0.1) is 0 Å². The van der Waals surface area contributed by atoms with Crippen LogP contribution >= 0.6 is 0 Å². The second-order valence-corrected chi connectivity index (χ2v) is 6.73. The molecule has 0 bridgehead atoms. The van der Waals surface area contributed by atoms with Crippen LogP contribution in [-0.4, -0.2) is 24.0 Å². The van der Waals surface area contributed by atoms with Crippen LogP contribution in [0.1, 0.15) is 31.1 Å². The zero-order valence-corrected chi connectivity index (χ0v) is 15.4. The molecule has 2 aromatic rings. The van der Waals surface area contributed by atoms with Crippen LogP contribution in [-0.2, 0) is 4.74 Å². The fourth-order valence-electron chi connectivity index (χ4n) is 2.07. The normalized spacial score (nSPS) is 11.5. The lowest BCUT2D eigenvalue weighted by atomic mass is 10.2. The van der Waals surface area contributed by atoms with Crippen molar-refractivity contribution >= 4 is 23.4 Å². The quantitative estimate of drug-likeness (QED) is 0.746. The van der Waals surface area contributed by atoms with Crippen LogP contribution in [0.3, 0.4) is 0 Å². The number of hydrogen-bond donors (Lipinski definition) is 2. The zero-order chi connectivity index (χ0) is 20.9. The third-order valence-electron chi connectivity index (χ3n) is 3.14. The Kier molecular flexibility index (Phi) is 6.17. The number of carbonyl (C=O) groups excluding carboxylic acids is 2. The molecule has 2 aromatic carbocycles. The molecule has 0 aliphatic carbocycles. The number of benzene rings is 2. The summed E-state index contributed by atoms with van der Waals surface area (Å²) in [5.41, 5.74) is 0.408. The van der Waals surface area contributed by atoms with E-state index >= 15 is 0 Å². The smallest absolute Gasteiger partial charge is 0.444 e. The van der Waals surface area contributed by atoms with Gasteiger partial charge in [-0.1, -0.05) is 0 Å². The Balaban J connectivity index is 1.95. The SMILES string of the molecule is CC(C)(C)OC(=O)Nc1ccc(C(=O)Nc2ccc(OC(F)(F)F)cc2)cc1. The van der Waals surface area contributed by atoms with E-state index in [2.05, 4.69) is 15.4 Å². The van der Waals surface area contributed by atoms with Gasteiger partial charge in [0, 0.05) is 16.9 Å². The highest BCUT2D eigenvalue weighted by atomic mass is 19.4. The highest BCUT2D eigenvalue weighted by Crippen LogP contribution is 2.24. The second-order valence-electron chi connectivity index (χ2n) is 6.73. The van der Waals surface area contributed by atoms with E-state index in [1.165, 1.54) is 36.4 Å². The van der Waals surface area contributed by atoms with E-state index in [0.29, 0.717) is 16.9 Å². The molecule has 0 aromatic heterocycles. The lowest BCUT2D eigenvalue weighted by Crippen LogP contribution is -2.27. The van der Waals surface area contributed by atoms with Crippen molar-refractivity contribution in [3.8, 4) is 5.75 Å². The molecule has 0 saturated carbocycles. The van der Waals surface area contributed by atoms with Crippen molar-refractivity contribution in [1.29, 1.82) is 0 Å². The molecular weight excluding hydrogens is 377 g/mol. The topological polar surface area (TPSA) is 76.7 Å². The van der Waals surface area contributed by atoms with Crippen LogP contribution < -0.4 is 15.4 Å². The van der Waals surface area contributed by atoms with Gasteiger partial charge in [-0.15, -0.1) is 13.2 Å². The first-order chi connectivity index (χ1) is 12.9. The van der Waals surface area contributed by atoms with E-state index in [1.54, 1.807) is 20.8 Å². The maximum absolute atomic E-state index is 12.2. The van der Waals surface area contributed by atoms with Crippen molar-refractivity contribution < 1.29 is 32.2 Å². The molecule has 9 heteroatoms. The number of carbonyl (C=O) groups is 2. The summed E-state index contributed by atoms with van der Waals surface area (Å²) < 4.78 is 45.3. The fraction of sp³-hybridized carbons (Fsp3) is 0.263. The molecule has 2 rings (SSSR count). The van der Waals surface area contributed by atoms with Gasteiger partial charge in [0.2, 0.25) is 0 Å². The summed E-state index contributed by atoms with van der Waals surface area (Å²) in [4.78, 5) is 23.9. The van der Waals surface area contributed by atoms with E-state index in [4.69, 9.17) is 4.74 Å². The molecule has 0 saturated heterocycles. The van der Waals surface area contributed by atoms with E-state index in [9.17, 15) is 22.8 Å². The third-order valence-corrected chi connectivity index (χ3v) is 3.14. The number of rotatable bonds is 4. The number of alkyl halides is 3. The molecule has 0 aliphatic rings. The lowest BCUT2D eigenvalue weighted by molar-refractivity contribution is -0.274. The molecule has 150 valence electrons. The van der Waals surface area contributed by atoms with Gasteiger partial charge in [0.25, 0.3) is 5.91 Å². The molecular formula is C19H19F3N2O4. The fourth-order valence-corrected chi connectivity index (χ4v) is 2.07. The Morgan fingerprint density at radius 1 is 0.821 bits per heavy atom. The van der Waals surface area contributed by atoms with Crippen LogP contribution in [0.25, 0.3) is 0 Å². The molecule has 0 heterocycles. The number of anilines is 2. The van der Waals surface area contributed by atoms with E-state index < -0.39 is 24.0 Å². The number of amides is 2. The Labute approximate surface area is 159 Å². The van der Waals surface area contributed by atoms with Gasteiger partial charge in [0.1, 0.15) is 11.4 Å². The van der Waals surface area contributed by atoms with Gasteiger partial charge in [-0.05, 0) is 69.3 Å². The minimum Gasteiger partial charge on any atom is -0.444 e. The first-order valence-electron chi connectivity index (χ1n) is 8.18. The molecule has 0 unspecified atom stereocenters. The van der Waals surface area contributed by atoms with Crippen LogP contribution in [0.2, 0.25) is 0 Å². The van der Waals surface area contributed by atoms with Crippen LogP contribution in [0.4, 0.5) is 29.3 Å². The Morgan fingerprint density at radius 2 is 1.32 bits per heavy atom. The van der Waals surface area contributed by atoms with Crippen molar-refractivity contribution in [1.82, 2.24) is 0 Å². The highest BCUT2D eigenvalue weighted by Gasteiger charge is 2.31. The van der Waals surface area contributed by atoms with Crippen molar-refractivity contribution in [3.05, 3.63) is 54.1 Å². The Bertz CT molecular complexity index is 826. The molecule has 0 atom stereocenters. The number of hydrogen-bond acceptors (Lipinski definition) is 4. The number of ether oxygens (including phenoxy) is 2. The van der Waals surface area contributed by atoms with Crippen LogP contribution in [0.15, 0.2) is 48.5 Å². The van der Waals surface area contributed by atoms with E-state index in [1.807, 2.05) is 0 Å². The predicted octanol–water partition coefficient (Wildman–Crippen LogP) is 5.18. The zero-order valence-electron chi connectivity index (χ0n) is 15.4. The molecule has 0 fully saturated rings. The summed E-state index contributed by atoms with van der Waals surface area (Å²) in [5, 5.41) is 5.09. The predicted molar refractivity (Wildman–Crippen MR) is 97.4 cm³/mol. The number of nitrogens with one attached hydrogen (secondary N) is 2. The molecule has 0 spiro atoms. The molecule has 6 nitrogen and oxygen atoms in total. The van der Waals surface area contributed by atoms with Gasteiger partial charge in [-0.2, -0.15) is 0 Å². The minimum absolute atomic E-state index is 0.297. The third kappa shape index (κ3) is 7.18. The summed E-state index contributed by atoms with van der Waals surface area (Å²) in [6.45, 7) is 5.21. The maximum atomic E-state index is 12.2. The van der Waals surface area contributed by atoms with Crippen molar-refractivity contribution in [2.45, 2.75) is 32.7 Å². The molecule has 2 N–H and O–H groups in total. The highest BCUT2D eigenvalue weighted by molar-refractivity contribution is 6.04. The Morgan fingerprint density at radius 3 is 1.82 bits per heavy atom.